The maximum absolute atomic E-state index is 13.0. The summed E-state index contributed by atoms with van der Waals surface area (Å²) in [4.78, 5) is 23.9. The van der Waals surface area contributed by atoms with Crippen molar-refractivity contribution < 1.29 is 18.7 Å². The molecule has 7 heteroatoms. The van der Waals surface area contributed by atoms with E-state index in [1.807, 2.05) is 0 Å². The SMILES string of the molecule is CC(Oc1ccc(F)cc1Cl)C(=O)Nc1ccc(NC(=O)C2CC2)cc1. The van der Waals surface area contributed by atoms with E-state index in [9.17, 15) is 14.0 Å². The number of anilines is 2. The molecule has 0 heterocycles. The average molecular weight is 377 g/mol. The van der Waals surface area contributed by atoms with Crippen molar-refractivity contribution in [2.75, 3.05) is 10.6 Å². The minimum Gasteiger partial charge on any atom is -0.479 e. The molecule has 0 spiro atoms. The first-order chi connectivity index (χ1) is 12.4. The third-order valence-electron chi connectivity index (χ3n) is 3.94. The third kappa shape index (κ3) is 4.73. The number of hydrogen-bond acceptors (Lipinski definition) is 3. The molecule has 1 aliphatic rings. The summed E-state index contributed by atoms with van der Waals surface area (Å²) in [5.74, 6) is -0.465. The summed E-state index contributed by atoms with van der Waals surface area (Å²) in [5.41, 5.74) is 1.25. The monoisotopic (exact) mass is 376 g/mol. The van der Waals surface area contributed by atoms with Gasteiger partial charge >= 0.3 is 0 Å². The van der Waals surface area contributed by atoms with Crippen LogP contribution in [-0.4, -0.2) is 17.9 Å². The second-order valence-electron chi connectivity index (χ2n) is 6.16. The quantitative estimate of drug-likeness (QED) is 0.792. The standard InChI is InChI=1S/C19H18ClFN2O3/c1-11(26-17-9-4-13(21)10-16(17)20)18(24)22-14-5-7-15(8-6-14)23-19(25)12-2-3-12/h4-12H,2-3H2,1H3,(H,22,24)(H,23,25). The highest BCUT2D eigenvalue weighted by atomic mass is 35.5. The zero-order chi connectivity index (χ0) is 18.7. The molecule has 5 nitrogen and oxygen atoms in total. The van der Waals surface area contributed by atoms with E-state index >= 15 is 0 Å². The number of benzene rings is 2. The minimum absolute atomic E-state index is 0.0278. The van der Waals surface area contributed by atoms with Crippen molar-refractivity contribution in [1.29, 1.82) is 0 Å². The number of ether oxygens (including phenoxy) is 1. The largest absolute Gasteiger partial charge is 0.479 e. The van der Waals surface area contributed by atoms with Crippen molar-refractivity contribution in [3.63, 3.8) is 0 Å². The number of rotatable bonds is 6. The van der Waals surface area contributed by atoms with E-state index in [0.29, 0.717) is 11.4 Å². The fraction of sp³-hybridized carbons (Fsp3) is 0.263. The summed E-state index contributed by atoms with van der Waals surface area (Å²) >= 11 is 5.89. The number of carbonyl (C=O) groups excluding carboxylic acids is 2. The fourth-order valence-electron chi connectivity index (χ4n) is 2.29. The van der Waals surface area contributed by atoms with Gasteiger partial charge in [-0.1, -0.05) is 11.6 Å². The summed E-state index contributed by atoms with van der Waals surface area (Å²) in [6.07, 6.45) is 1.05. The van der Waals surface area contributed by atoms with Crippen LogP contribution in [0.2, 0.25) is 5.02 Å². The van der Waals surface area contributed by atoms with Crippen molar-refractivity contribution in [3.05, 3.63) is 53.3 Å². The van der Waals surface area contributed by atoms with Crippen molar-refractivity contribution in [2.45, 2.75) is 25.9 Å². The van der Waals surface area contributed by atoms with Gasteiger partial charge in [0, 0.05) is 17.3 Å². The Morgan fingerprint density at radius 2 is 1.73 bits per heavy atom. The Hall–Kier alpha value is -2.60. The Bertz CT molecular complexity index is 822. The number of amides is 2. The topological polar surface area (TPSA) is 67.4 Å². The molecule has 1 unspecified atom stereocenters. The van der Waals surface area contributed by atoms with E-state index in [1.165, 1.54) is 12.1 Å². The molecule has 2 aromatic rings. The van der Waals surface area contributed by atoms with Crippen LogP contribution < -0.4 is 15.4 Å². The van der Waals surface area contributed by atoms with Crippen molar-refractivity contribution in [1.82, 2.24) is 0 Å². The van der Waals surface area contributed by atoms with E-state index < -0.39 is 11.9 Å². The molecule has 1 fully saturated rings. The van der Waals surface area contributed by atoms with Crippen molar-refractivity contribution >= 4 is 34.8 Å². The first-order valence-corrected chi connectivity index (χ1v) is 8.63. The zero-order valence-electron chi connectivity index (χ0n) is 14.1. The van der Waals surface area contributed by atoms with E-state index in [2.05, 4.69) is 10.6 Å². The minimum atomic E-state index is -0.827. The van der Waals surface area contributed by atoms with Gasteiger partial charge in [-0.2, -0.15) is 0 Å². The molecule has 2 N–H and O–H groups in total. The Kier molecular flexibility index (Phi) is 5.42. The van der Waals surface area contributed by atoms with Crippen LogP contribution in [0, 0.1) is 11.7 Å². The number of nitrogens with one attached hydrogen (secondary N) is 2. The molecular weight excluding hydrogens is 359 g/mol. The fourth-order valence-corrected chi connectivity index (χ4v) is 2.50. The normalized spacial score (nSPS) is 14.4. The van der Waals surface area contributed by atoms with Crippen LogP contribution in [0.5, 0.6) is 5.75 Å². The maximum atomic E-state index is 13.0. The first-order valence-electron chi connectivity index (χ1n) is 8.26. The summed E-state index contributed by atoms with van der Waals surface area (Å²) < 4.78 is 18.5. The Balaban J connectivity index is 1.55. The summed E-state index contributed by atoms with van der Waals surface area (Å²) in [7, 11) is 0. The number of halogens is 2. The second kappa shape index (κ2) is 7.74. The van der Waals surface area contributed by atoms with Gasteiger partial charge in [0.15, 0.2) is 6.10 Å². The molecule has 0 saturated heterocycles. The van der Waals surface area contributed by atoms with Crippen LogP contribution in [0.4, 0.5) is 15.8 Å². The van der Waals surface area contributed by atoms with Gasteiger partial charge in [0.25, 0.3) is 5.91 Å². The lowest BCUT2D eigenvalue weighted by atomic mass is 10.2. The first kappa shape index (κ1) is 18.2. The Morgan fingerprint density at radius 3 is 2.31 bits per heavy atom. The Labute approximate surface area is 155 Å². The Morgan fingerprint density at radius 1 is 1.12 bits per heavy atom. The molecule has 1 atom stereocenters. The number of carbonyl (C=O) groups is 2. The van der Waals surface area contributed by atoms with E-state index in [4.69, 9.17) is 16.3 Å². The molecule has 0 bridgehead atoms. The van der Waals surface area contributed by atoms with Crippen molar-refractivity contribution in [2.24, 2.45) is 5.92 Å². The molecule has 1 saturated carbocycles. The van der Waals surface area contributed by atoms with Gasteiger partial charge < -0.3 is 15.4 Å². The molecule has 1 aliphatic carbocycles. The molecule has 0 aromatic heterocycles. The van der Waals surface area contributed by atoms with Crippen LogP contribution in [0.3, 0.4) is 0 Å². The van der Waals surface area contributed by atoms with Gasteiger partial charge in [-0.3, -0.25) is 9.59 Å². The molecule has 0 radical (unpaired) electrons. The molecule has 2 amide bonds. The second-order valence-corrected chi connectivity index (χ2v) is 6.57. The molecule has 26 heavy (non-hydrogen) atoms. The summed E-state index contributed by atoms with van der Waals surface area (Å²) in [5, 5.41) is 5.64. The van der Waals surface area contributed by atoms with Gasteiger partial charge in [0.05, 0.1) is 5.02 Å². The maximum Gasteiger partial charge on any atom is 0.265 e. The summed E-state index contributed by atoms with van der Waals surface area (Å²) in [6.45, 7) is 1.57. The summed E-state index contributed by atoms with van der Waals surface area (Å²) in [6, 6.07) is 10.5. The molecule has 0 aliphatic heterocycles. The van der Waals surface area contributed by atoms with E-state index in [-0.39, 0.29) is 28.5 Å². The van der Waals surface area contributed by atoms with E-state index in [1.54, 1.807) is 31.2 Å². The molecule has 3 rings (SSSR count). The lowest BCUT2D eigenvalue weighted by Crippen LogP contribution is -2.30. The van der Waals surface area contributed by atoms with Crippen LogP contribution in [0.1, 0.15) is 19.8 Å². The van der Waals surface area contributed by atoms with Gasteiger partial charge in [-0.25, -0.2) is 4.39 Å². The van der Waals surface area contributed by atoms with E-state index in [0.717, 1.165) is 18.9 Å². The highest BCUT2D eigenvalue weighted by Gasteiger charge is 2.29. The van der Waals surface area contributed by atoms with Crippen LogP contribution >= 0.6 is 11.6 Å². The van der Waals surface area contributed by atoms with Gasteiger partial charge in [-0.15, -0.1) is 0 Å². The van der Waals surface area contributed by atoms with Gasteiger partial charge in [0.2, 0.25) is 5.91 Å². The highest BCUT2D eigenvalue weighted by molar-refractivity contribution is 6.32. The zero-order valence-corrected chi connectivity index (χ0v) is 14.8. The number of hydrogen-bond donors (Lipinski definition) is 2. The predicted octanol–water partition coefficient (Wildman–Crippen LogP) is 4.23. The van der Waals surface area contributed by atoms with Crippen LogP contribution in [0.25, 0.3) is 0 Å². The molecule has 2 aromatic carbocycles. The van der Waals surface area contributed by atoms with Gasteiger partial charge in [-0.05, 0) is 62.2 Å². The molecular formula is C19H18ClFN2O3. The van der Waals surface area contributed by atoms with Gasteiger partial charge in [0.1, 0.15) is 11.6 Å². The third-order valence-corrected chi connectivity index (χ3v) is 4.23. The average Bonchev–Trinajstić information content (AvgIpc) is 3.44. The smallest absolute Gasteiger partial charge is 0.265 e. The lowest BCUT2D eigenvalue weighted by Gasteiger charge is -2.16. The lowest BCUT2D eigenvalue weighted by molar-refractivity contribution is -0.122. The highest BCUT2D eigenvalue weighted by Crippen LogP contribution is 2.30. The molecule has 136 valence electrons. The van der Waals surface area contributed by atoms with Crippen LogP contribution in [-0.2, 0) is 9.59 Å². The predicted molar refractivity (Wildman–Crippen MR) is 97.9 cm³/mol. The van der Waals surface area contributed by atoms with Crippen LogP contribution in [0.15, 0.2) is 42.5 Å². The van der Waals surface area contributed by atoms with Crippen molar-refractivity contribution in [3.8, 4) is 5.75 Å².